The maximum absolute atomic E-state index is 13.7. The number of nitrogens with two attached hydrogens (primary N) is 1. The maximum atomic E-state index is 13.7. The Balaban J connectivity index is 1.60. The van der Waals surface area contributed by atoms with Gasteiger partial charge in [0.05, 0.1) is 23.2 Å². The van der Waals surface area contributed by atoms with E-state index in [1.165, 1.54) is 23.1 Å². The van der Waals surface area contributed by atoms with Gasteiger partial charge in [-0.05, 0) is 51.4 Å². The van der Waals surface area contributed by atoms with Crippen LogP contribution in [0.5, 0.6) is 0 Å². The van der Waals surface area contributed by atoms with Crippen LogP contribution in [0.25, 0.3) is 0 Å². The van der Waals surface area contributed by atoms with Crippen molar-refractivity contribution in [2.24, 2.45) is 18.2 Å². The number of hydrogen-bond acceptors (Lipinski definition) is 10. The Morgan fingerprint density at radius 2 is 2.19 bits per heavy atom. The van der Waals surface area contributed by atoms with Gasteiger partial charge in [0.15, 0.2) is 10.9 Å². The minimum Gasteiger partial charge on any atom is -0.384 e. The van der Waals surface area contributed by atoms with Crippen molar-refractivity contribution in [3.05, 3.63) is 68.0 Å². The standard InChI is InChI=1S/C24H23ClN8OS2/c1-24(2)8-16-20(17(34)9-24)19(14(10-26)22(27)33(16)15-5-4-6-28-21(15)25)18-7-13(11-35-18)12-36-23-29-30-31-32(23)3/h4-7,11,19H,8-9,12,27H2,1-3H3/t19-/m1/s1. The van der Waals surface area contributed by atoms with E-state index in [-0.39, 0.29) is 22.2 Å². The number of allylic oxidation sites excluding steroid dienone is 3. The molecule has 5 rings (SSSR count). The highest BCUT2D eigenvalue weighted by Gasteiger charge is 2.45. The predicted molar refractivity (Wildman–Crippen MR) is 139 cm³/mol. The Kier molecular flexibility index (Phi) is 6.36. The van der Waals surface area contributed by atoms with Crippen molar-refractivity contribution in [2.75, 3.05) is 4.90 Å². The molecular weight excluding hydrogens is 516 g/mol. The Hall–Kier alpha value is -3.20. The number of nitriles is 1. The van der Waals surface area contributed by atoms with Crippen LogP contribution in [0.15, 0.2) is 57.6 Å². The zero-order valence-corrected chi connectivity index (χ0v) is 22.3. The number of carbonyl (C=O) groups is 1. The second-order valence-corrected chi connectivity index (χ2v) is 11.8. The smallest absolute Gasteiger partial charge is 0.209 e. The van der Waals surface area contributed by atoms with Crippen LogP contribution in [0.3, 0.4) is 0 Å². The third-order valence-corrected chi connectivity index (χ3v) is 8.69. The Morgan fingerprint density at radius 1 is 1.39 bits per heavy atom. The van der Waals surface area contributed by atoms with E-state index in [0.717, 1.165) is 16.1 Å². The molecular formula is C24H23ClN8OS2. The summed E-state index contributed by atoms with van der Waals surface area (Å²) < 4.78 is 1.62. The lowest BCUT2D eigenvalue weighted by Crippen LogP contribution is -2.42. The maximum Gasteiger partial charge on any atom is 0.209 e. The summed E-state index contributed by atoms with van der Waals surface area (Å²) in [5.74, 6) is 0.422. The lowest BCUT2D eigenvalue weighted by Gasteiger charge is -2.43. The number of hydrogen-bond donors (Lipinski definition) is 1. The average molecular weight is 539 g/mol. The second kappa shape index (κ2) is 9.35. The summed E-state index contributed by atoms with van der Waals surface area (Å²) in [4.78, 5) is 20.5. The van der Waals surface area contributed by atoms with Crippen LogP contribution in [0.4, 0.5) is 5.69 Å². The van der Waals surface area contributed by atoms with Crippen LogP contribution in [0.1, 0.15) is 43.0 Å². The zero-order valence-electron chi connectivity index (χ0n) is 19.9. The fourth-order valence-corrected chi connectivity index (χ4v) is 6.85. The molecule has 1 atom stereocenters. The molecule has 0 saturated heterocycles. The van der Waals surface area contributed by atoms with E-state index in [9.17, 15) is 10.1 Å². The summed E-state index contributed by atoms with van der Waals surface area (Å²) in [5, 5.41) is 24.8. The first-order chi connectivity index (χ1) is 17.2. The van der Waals surface area contributed by atoms with Crippen molar-refractivity contribution < 1.29 is 4.79 Å². The highest BCUT2D eigenvalue weighted by atomic mass is 35.5. The SMILES string of the molecule is Cn1nnnc1SCc1csc([C@H]2C(C#N)=C(N)N(c3cccnc3Cl)C3=C2C(=O)CC(C)(C)C3)c1. The van der Waals surface area contributed by atoms with E-state index < -0.39 is 5.92 Å². The average Bonchev–Trinajstić information content (AvgIpc) is 3.45. The molecule has 0 fully saturated rings. The lowest BCUT2D eigenvalue weighted by atomic mass is 9.69. The van der Waals surface area contributed by atoms with Crippen molar-refractivity contribution >= 4 is 46.2 Å². The van der Waals surface area contributed by atoms with Gasteiger partial charge < -0.3 is 5.73 Å². The van der Waals surface area contributed by atoms with E-state index in [2.05, 4.69) is 40.4 Å². The topological polar surface area (TPSA) is 127 Å². The van der Waals surface area contributed by atoms with Crippen molar-refractivity contribution in [1.82, 2.24) is 25.2 Å². The molecule has 1 aliphatic heterocycles. The molecule has 12 heteroatoms. The van der Waals surface area contributed by atoms with Crippen LogP contribution in [0, 0.1) is 16.7 Å². The Morgan fingerprint density at radius 3 is 2.89 bits per heavy atom. The number of rotatable bonds is 5. The minimum absolute atomic E-state index is 0.0194. The third kappa shape index (κ3) is 4.30. The van der Waals surface area contributed by atoms with E-state index in [0.29, 0.717) is 40.6 Å². The number of tetrazole rings is 1. The predicted octanol–water partition coefficient (Wildman–Crippen LogP) is 4.55. The number of nitrogens with zero attached hydrogens (tertiary/aromatic N) is 7. The monoisotopic (exact) mass is 538 g/mol. The number of aromatic nitrogens is 5. The van der Waals surface area contributed by atoms with Gasteiger partial charge in [-0.1, -0.05) is 37.2 Å². The van der Waals surface area contributed by atoms with Crippen LogP contribution in [0.2, 0.25) is 5.15 Å². The first-order valence-corrected chi connectivity index (χ1v) is 13.4. The van der Waals surface area contributed by atoms with E-state index in [4.69, 9.17) is 17.3 Å². The molecule has 2 N–H and O–H groups in total. The molecule has 0 spiro atoms. The molecule has 0 amide bonds. The molecule has 3 aromatic rings. The number of aryl methyl sites for hydroxylation is 1. The Labute approximate surface area is 221 Å². The quantitative estimate of drug-likeness (QED) is 0.367. The molecule has 3 aromatic heterocycles. The van der Waals surface area contributed by atoms with Crippen LogP contribution in [-0.2, 0) is 17.6 Å². The number of thioether (sulfide) groups is 1. The molecule has 0 aromatic carbocycles. The molecule has 0 unspecified atom stereocenters. The van der Waals surface area contributed by atoms with Crippen molar-refractivity contribution in [3.8, 4) is 6.07 Å². The van der Waals surface area contributed by atoms with Gasteiger partial charge in [-0.3, -0.25) is 9.69 Å². The summed E-state index contributed by atoms with van der Waals surface area (Å²) >= 11 is 9.50. The zero-order chi connectivity index (χ0) is 25.6. The summed E-state index contributed by atoms with van der Waals surface area (Å²) in [5.41, 5.74) is 9.75. The number of pyridine rings is 1. The fraction of sp³-hybridized carbons (Fsp3) is 0.333. The van der Waals surface area contributed by atoms with Gasteiger partial charge in [0.1, 0.15) is 5.82 Å². The van der Waals surface area contributed by atoms with Crippen molar-refractivity contribution in [1.29, 1.82) is 5.26 Å². The largest absolute Gasteiger partial charge is 0.384 e. The van der Waals surface area contributed by atoms with E-state index in [1.54, 1.807) is 35.0 Å². The van der Waals surface area contributed by atoms with Gasteiger partial charge in [-0.15, -0.1) is 16.4 Å². The number of halogens is 1. The third-order valence-electron chi connectivity index (χ3n) is 6.27. The minimum atomic E-state index is -0.527. The molecule has 1 aliphatic carbocycles. The van der Waals surface area contributed by atoms with Gasteiger partial charge in [0.2, 0.25) is 5.16 Å². The number of thiophene rings is 1. The van der Waals surface area contributed by atoms with Crippen LogP contribution >= 0.6 is 34.7 Å². The van der Waals surface area contributed by atoms with Crippen molar-refractivity contribution in [3.63, 3.8) is 0 Å². The van der Waals surface area contributed by atoms with Crippen LogP contribution in [-0.4, -0.2) is 31.0 Å². The van der Waals surface area contributed by atoms with Crippen LogP contribution < -0.4 is 10.6 Å². The highest BCUT2D eigenvalue weighted by Crippen LogP contribution is 2.51. The summed E-state index contributed by atoms with van der Waals surface area (Å²) in [7, 11) is 1.79. The molecule has 36 heavy (non-hydrogen) atoms. The number of ketones is 1. The summed E-state index contributed by atoms with van der Waals surface area (Å²) in [6, 6.07) is 7.91. The molecule has 0 bridgehead atoms. The highest BCUT2D eigenvalue weighted by molar-refractivity contribution is 7.98. The molecule has 9 nitrogen and oxygen atoms in total. The second-order valence-electron chi connectivity index (χ2n) is 9.52. The first kappa shape index (κ1) is 24.5. The molecule has 4 heterocycles. The molecule has 184 valence electrons. The van der Waals surface area contributed by atoms with Gasteiger partial charge in [-0.2, -0.15) is 5.26 Å². The number of carbonyl (C=O) groups excluding carboxylic acids is 1. The molecule has 0 radical (unpaired) electrons. The van der Waals surface area contributed by atoms with E-state index in [1.807, 2.05) is 11.4 Å². The van der Waals surface area contributed by atoms with Gasteiger partial charge in [0.25, 0.3) is 0 Å². The molecule has 0 saturated carbocycles. The van der Waals surface area contributed by atoms with Gasteiger partial charge >= 0.3 is 0 Å². The normalized spacial score (nSPS) is 19.5. The lowest BCUT2D eigenvalue weighted by molar-refractivity contribution is -0.118. The van der Waals surface area contributed by atoms with Gasteiger partial charge in [-0.25, -0.2) is 9.67 Å². The van der Waals surface area contributed by atoms with E-state index >= 15 is 0 Å². The van der Waals surface area contributed by atoms with Crippen molar-refractivity contribution in [2.45, 2.75) is 43.5 Å². The number of anilines is 1. The molecule has 2 aliphatic rings. The first-order valence-electron chi connectivity index (χ1n) is 11.2. The Bertz CT molecular complexity index is 1460. The summed E-state index contributed by atoms with van der Waals surface area (Å²) in [6.07, 6.45) is 2.60. The van der Waals surface area contributed by atoms with Gasteiger partial charge in [0, 0.05) is 41.6 Å². The summed E-state index contributed by atoms with van der Waals surface area (Å²) in [6.45, 7) is 4.13. The number of Topliss-reactive ketones (excluding diaryl/α,β-unsaturated/α-hetero) is 1. The fourth-order valence-electron chi connectivity index (χ4n) is 4.73.